The van der Waals surface area contributed by atoms with E-state index < -0.39 is 0 Å². The van der Waals surface area contributed by atoms with Crippen LogP contribution in [0.4, 0.5) is 0 Å². The van der Waals surface area contributed by atoms with Crippen LogP contribution >= 0.6 is 38.9 Å². The molecule has 0 bridgehead atoms. The van der Waals surface area contributed by atoms with E-state index in [0.29, 0.717) is 11.6 Å². The van der Waals surface area contributed by atoms with Gasteiger partial charge in [0.25, 0.3) is 0 Å². The molecule has 1 atom stereocenters. The molecule has 0 spiro atoms. The fourth-order valence-corrected chi connectivity index (χ4v) is 3.41. The molecule has 0 saturated heterocycles. The maximum Gasteiger partial charge on any atom is 0.141 e. The third-order valence-corrected chi connectivity index (χ3v) is 4.54. The smallest absolute Gasteiger partial charge is 0.141 e. The number of ether oxygens (including phenoxy) is 1. The van der Waals surface area contributed by atoms with Crippen LogP contribution in [-0.4, -0.2) is 6.04 Å². The van der Waals surface area contributed by atoms with Gasteiger partial charge in [0, 0.05) is 20.8 Å². The first-order valence-electron chi connectivity index (χ1n) is 5.95. The van der Waals surface area contributed by atoms with Gasteiger partial charge in [-0.15, -0.1) is 11.3 Å². The topological polar surface area (TPSA) is 35.2 Å². The Labute approximate surface area is 130 Å². The minimum absolute atomic E-state index is 0.0803. The summed E-state index contributed by atoms with van der Waals surface area (Å²) in [6.07, 6.45) is 0.754. The van der Waals surface area contributed by atoms with Gasteiger partial charge in [0.05, 0.1) is 5.02 Å². The summed E-state index contributed by atoms with van der Waals surface area (Å²) < 4.78 is 6.95. The van der Waals surface area contributed by atoms with Gasteiger partial charge in [0.1, 0.15) is 12.4 Å². The number of benzene rings is 1. The average Bonchev–Trinajstić information content (AvgIpc) is 2.73. The molecule has 5 heteroatoms. The molecule has 2 aromatic rings. The van der Waals surface area contributed by atoms with Crippen molar-refractivity contribution in [2.45, 2.75) is 26.0 Å². The number of halogens is 2. The molecular formula is C14H15BrClNOS. The number of thiophene rings is 1. The number of nitrogens with two attached hydrogens (primary N) is 1. The highest BCUT2D eigenvalue weighted by Gasteiger charge is 2.11. The molecule has 0 amide bonds. The second-order valence-corrected chi connectivity index (χ2v) is 6.75. The van der Waals surface area contributed by atoms with Crippen molar-refractivity contribution >= 4 is 38.9 Å². The first-order valence-corrected chi connectivity index (χ1v) is 8.00. The van der Waals surface area contributed by atoms with E-state index in [2.05, 4.69) is 15.9 Å². The van der Waals surface area contributed by atoms with Crippen LogP contribution in [0.2, 0.25) is 5.02 Å². The van der Waals surface area contributed by atoms with Crippen LogP contribution in [0, 0.1) is 0 Å². The monoisotopic (exact) mass is 359 g/mol. The lowest BCUT2D eigenvalue weighted by Crippen LogP contribution is -2.18. The van der Waals surface area contributed by atoms with E-state index >= 15 is 0 Å². The van der Waals surface area contributed by atoms with E-state index in [1.807, 2.05) is 36.6 Å². The number of rotatable bonds is 5. The summed E-state index contributed by atoms with van der Waals surface area (Å²) in [5, 5.41) is 2.67. The Balaban J connectivity index is 2.14. The Morgan fingerprint density at radius 2 is 2.26 bits per heavy atom. The first-order chi connectivity index (χ1) is 9.06. The van der Waals surface area contributed by atoms with Crippen molar-refractivity contribution in [2.75, 3.05) is 0 Å². The molecule has 2 nitrogen and oxygen atoms in total. The molecule has 1 unspecified atom stereocenters. The van der Waals surface area contributed by atoms with Crippen molar-refractivity contribution in [3.8, 4) is 5.75 Å². The fraction of sp³-hybridized carbons (Fsp3) is 0.286. The van der Waals surface area contributed by atoms with Gasteiger partial charge in [-0.05, 0) is 47.0 Å². The lowest BCUT2D eigenvalue weighted by atomic mass is 10.1. The standard InChI is InChI=1S/C14H15BrClNOS/c1-9(17)5-10-3-2-4-13(16)14(10)18-7-12-6-11(15)8-19-12/h2-4,6,8-9H,5,7,17H2,1H3. The number of para-hydroxylation sites is 1. The third kappa shape index (κ3) is 4.21. The van der Waals surface area contributed by atoms with E-state index in [4.69, 9.17) is 22.1 Å². The molecule has 1 aromatic heterocycles. The van der Waals surface area contributed by atoms with Crippen LogP contribution in [-0.2, 0) is 13.0 Å². The van der Waals surface area contributed by atoms with Crippen LogP contribution in [0.25, 0.3) is 0 Å². The summed E-state index contributed by atoms with van der Waals surface area (Å²) in [5.74, 6) is 0.742. The minimum atomic E-state index is 0.0803. The summed E-state index contributed by atoms with van der Waals surface area (Å²) in [6, 6.07) is 7.90. The highest BCUT2D eigenvalue weighted by atomic mass is 79.9. The maximum atomic E-state index is 6.21. The molecule has 0 fully saturated rings. The summed E-state index contributed by atoms with van der Waals surface area (Å²) in [4.78, 5) is 1.15. The van der Waals surface area contributed by atoms with E-state index in [9.17, 15) is 0 Å². The zero-order valence-corrected chi connectivity index (χ0v) is 13.7. The molecule has 19 heavy (non-hydrogen) atoms. The van der Waals surface area contributed by atoms with Gasteiger partial charge in [0.15, 0.2) is 0 Å². The number of hydrogen-bond acceptors (Lipinski definition) is 3. The summed E-state index contributed by atoms with van der Waals surface area (Å²) >= 11 is 11.3. The predicted octanol–water partition coefficient (Wildman–Crippen LogP) is 4.63. The zero-order chi connectivity index (χ0) is 13.8. The van der Waals surface area contributed by atoms with Crippen LogP contribution in [0.5, 0.6) is 5.75 Å². The lowest BCUT2D eigenvalue weighted by Gasteiger charge is -2.14. The largest absolute Gasteiger partial charge is 0.486 e. The Hall–Kier alpha value is -0.550. The van der Waals surface area contributed by atoms with Gasteiger partial charge < -0.3 is 10.5 Å². The first kappa shape index (κ1) is 14.9. The van der Waals surface area contributed by atoms with Crippen molar-refractivity contribution in [3.05, 3.63) is 49.6 Å². The normalized spacial score (nSPS) is 12.4. The van der Waals surface area contributed by atoms with Gasteiger partial charge in [-0.25, -0.2) is 0 Å². The summed E-state index contributed by atoms with van der Waals surface area (Å²) in [7, 11) is 0. The van der Waals surface area contributed by atoms with Crippen molar-refractivity contribution in [2.24, 2.45) is 5.73 Å². The van der Waals surface area contributed by atoms with Gasteiger partial charge in [-0.1, -0.05) is 23.7 Å². The molecule has 102 valence electrons. The molecular weight excluding hydrogens is 346 g/mol. The molecule has 0 aliphatic heterocycles. The molecule has 2 rings (SSSR count). The highest BCUT2D eigenvalue weighted by Crippen LogP contribution is 2.31. The Morgan fingerprint density at radius 1 is 1.47 bits per heavy atom. The molecule has 0 radical (unpaired) electrons. The van der Waals surface area contributed by atoms with Crippen LogP contribution in [0.1, 0.15) is 17.4 Å². The maximum absolute atomic E-state index is 6.21. The molecule has 0 saturated carbocycles. The average molecular weight is 361 g/mol. The second-order valence-electron chi connectivity index (χ2n) is 4.43. The Morgan fingerprint density at radius 3 is 2.89 bits per heavy atom. The molecule has 2 N–H and O–H groups in total. The number of hydrogen-bond donors (Lipinski definition) is 1. The molecule has 1 heterocycles. The van der Waals surface area contributed by atoms with E-state index in [0.717, 1.165) is 27.1 Å². The van der Waals surface area contributed by atoms with Gasteiger partial charge in [-0.3, -0.25) is 0 Å². The van der Waals surface area contributed by atoms with E-state index in [1.54, 1.807) is 11.3 Å². The summed E-state index contributed by atoms with van der Waals surface area (Å²) in [6.45, 7) is 2.49. The van der Waals surface area contributed by atoms with Crippen molar-refractivity contribution in [1.82, 2.24) is 0 Å². The Bertz CT molecular complexity index is 556. The fourth-order valence-electron chi connectivity index (χ4n) is 1.80. The zero-order valence-electron chi connectivity index (χ0n) is 10.5. The second kappa shape index (κ2) is 6.75. The minimum Gasteiger partial charge on any atom is -0.486 e. The molecule has 0 aliphatic rings. The van der Waals surface area contributed by atoms with E-state index in [-0.39, 0.29) is 6.04 Å². The summed E-state index contributed by atoms with van der Waals surface area (Å²) in [5.41, 5.74) is 6.91. The van der Waals surface area contributed by atoms with Gasteiger partial charge in [-0.2, -0.15) is 0 Å². The SMILES string of the molecule is CC(N)Cc1cccc(Cl)c1OCc1cc(Br)cs1. The van der Waals surface area contributed by atoms with Crippen molar-refractivity contribution < 1.29 is 4.74 Å². The van der Waals surface area contributed by atoms with Crippen molar-refractivity contribution in [3.63, 3.8) is 0 Å². The third-order valence-electron chi connectivity index (χ3n) is 2.57. The van der Waals surface area contributed by atoms with Crippen molar-refractivity contribution in [1.29, 1.82) is 0 Å². The molecule has 1 aromatic carbocycles. The van der Waals surface area contributed by atoms with E-state index in [1.165, 1.54) is 0 Å². The Kier molecular flexibility index (Phi) is 5.28. The highest BCUT2D eigenvalue weighted by molar-refractivity contribution is 9.10. The lowest BCUT2D eigenvalue weighted by molar-refractivity contribution is 0.306. The van der Waals surface area contributed by atoms with Crippen LogP contribution in [0.15, 0.2) is 34.1 Å². The van der Waals surface area contributed by atoms with Crippen LogP contribution in [0.3, 0.4) is 0 Å². The van der Waals surface area contributed by atoms with Gasteiger partial charge in [0.2, 0.25) is 0 Å². The quantitative estimate of drug-likeness (QED) is 0.843. The van der Waals surface area contributed by atoms with Gasteiger partial charge >= 0.3 is 0 Å². The van der Waals surface area contributed by atoms with Crippen LogP contribution < -0.4 is 10.5 Å². The predicted molar refractivity (Wildman–Crippen MR) is 85.2 cm³/mol. The molecule has 0 aliphatic carbocycles.